The van der Waals surface area contributed by atoms with Crippen molar-refractivity contribution in [1.82, 2.24) is 14.9 Å². The number of nitrogens with zero attached hydrogens (tertiary/aromatic N) is 4. The van der Waals surface area contributed by atoms with Crippen molar-refractivity contribution in [1.29, 1.82) is 0 Å². The van der Waals surface area contributed by atoms with Crippen LogP contribution in [0.3, 0.4) is 0 Å². The smallest absolute Gasteiger partial charge is 0.410 e. The average Bonchev–Trinajstić information content (AvgIpc) is 2.65. The Hall–Kier alpha value is -1.65. The summed E-state index contributed by atoms with van der Waals surface area (Å²) in [6.07, 6.45) is 1.18. The second-order valence-corrected chi connectivity index (χ2v) is 11.9. The van der Waals surface area contributed by atoms with Gasteiger partial charge in [-0.1, -0.05) is 0 Å². The SMILES string of the molecule is C[C@H]1COCCN1c1cc(C2(S(C)(=O)=O)CCN(C(=O)OC(C)(C)C)CC2)nc(Cl)n1. The van der Waals surface area contributed by atoms with E-state index in [4.69, 9.17) is 21.1 Å². The van der Waals surface area contributed by atoms with Crippen LogP contribution in [0.25, 0.3) is 0 Å². The summed E-state index contributed by atoms with van der Waals surface area (Å²) in [5.41, 5.74) is -0.251. The first-order chi connectivity index (χ1) is 14.3. The molecule has 0 aliphatic carbocycles. The van der Waals surface area contributed by atoms with E-state index in [0.717, 1.165) is 0 Å². The molecule has 2 fully saturated rings. The summed E-state index contributed by atoms with van der Waals surface area (Å²) in [5.74, 6) is 0.586. The van der Waals surface area contributed by atoms with Gasteiger partial charge in [-0.3, -0.25) is 0 Å². The topological polar surface area (TPSA) is 102 Å². The maximum Gasteiger partial charge on any atom is 0.410 e. The van der Waals surface area contributed by atoms with Crippen LogP contribution in [0, 0.1) is 0 Å². The Labute approximate surface area is 189 Å². The van der Waals surface area contributed by atoms with Crippen LogP contribution in [0.4, 0.5) is 10.6 Å². The van der Waals surface area contributed by atoms with E-state index < -0.39 is 26.3 Å². The molecule has 2 aliphatic rings. The second kappa shape index (κ2) is 8.71. The summed E-state index contributed by atoms with van der Waals surface area (Å²) in [6.45, 7) is 9.64. The number of carbonyl (C=O) groups excluding carboxylic acids is 1. The third-order valence-corrected chi connectivity index (χ3v) is 7.95. The summed E-state index contributed by atoms with van der Waals surface area (Å²) in [6, 6.07) is 1.80. The zero-order chi connectivity index (χ0) is 23.0. The van der Waals surface area contributed by atoms with E-state index in [1.165, 1.54) is 6.26 Å². The standard InChI is InChI=1S/C20H31ClN4O5S/c1-14-13-29-11-10-25(14)16-12-15(22-17(21)23-16)20(31(5,27)28)6-8-24(9-7-20)18(26)30-19(2,3)4/h12,14H,6-11,13H2,1-5H3/t14-/m0/s1. The van der Waals surface area contributed by atoms with E-state index in [9.17, 15) is 13.2 Å². The lowest BCUT2D eigenvalue weighted by atomic mass is 9.92. The van der Waals surface area contributed by atoms with Gasteiger partial charge in [0.2, 0.25) is 5.28 Å². The Morgan fingerprint density at radius 3 is 2.45 bits per heavy atom. The van der Waals surface area contributed by atoms with Crippen molar-refractivity contribution in [2.75, 3.05) is 44.0 Å². The van der Waals surface area contributed by atoms with Gasteiger partial charge in [0.05, 0.1) is 24.9 Å². The highest BCUT2D eigenvalue weighted by molar-refractivity contribution is 7.91. The Balaban J connectivity index is 1.92. The molecule has 0 spiro atoms. The third-order valence-electron chi connectivity index (χ3n) is 5.75. The number of hydrogen-bond donors (Lipinski definition) is 0. The van der Waals surface area contributed by atoms with Gasteiger partial charge >= 0.3 is 6.09 Å². The predicted octanol–water partition coefficient (Wildman–Crippen LogP) is 2.63. The number of anilines is 1. The van der Waals surface area contributed by atoms with Gasteiger partial charge in [-0.05, 0) is 52.1 Å². The molecule has 3 heterocycles. The lowest BCUT2D eigenvalue weighted by Gasteiger charge is -2.41. The van der Waals surface area contributed by atoms with E-state index in [1.807, 2.05) is 11.8 Å². The zero-order valence-corrected chi connectivity index (χ0v) is 20.3. The monoisotopic (exact) mass is 474 g/mol. The number of aromatic nitrogens is 2. The van der Waals surface area contributed by atoms with Crippen LogP contribution in [-0.4, -0.2) is 80.1 Å². The van der Waals surface area contributed by atoms with Gasteiger partial charge in [0, 0.05) is 32.0 Å². The van der Waals surface area contributed by atoms with Crippen LogP contribution < -0.4 is 4.90 Å². The zero-order valence-electron chi connectivity index (χ0n) is 18.7. The highest BCUT2D eigenvalue weighted by Crippen LogP contribution is 2.41. The summed E-state index contributed by atoms with van der Waals surface area (Å²) >= 11 is 6.24. The molecule has 11 heteroatoms. The molecular weight excluding hydrogens is 444 g/mol. The molecule has 2 saturated heterocycles. The molecule has 0 aromatic carbocycles. The molecule has 0 N–H and O–H groups in total. The summed E-state index contributed by atoms with van der Waals surface area (Å²) in [4.78, 5) is 24.7. The Morgan fingerprint density at radius 1 is 1.26 bits per heavy atom. The van der Waals surface area contributed by atoms with Crippen LogP contribution in [0.5, 0.6) is 0 Å². The minimum atomic E-state index is -3.57. The highest BCUT2D eigenvalue weighted by Gasteiger charge is 2.48. The van der Waals surface area contributed by atoms with Gasteiger partial charge in [-0.15, -0.1) is 0 Å². The normalized spacial score (nSPS) is 22.3. The van der Waals surface area contributed by atoms with Crippen molar-refractivity contribution >= 4 is 33.3 Å². The van der Waals surface area contributed by atoms with Gasteiger partial charge in [0.25, 0.3) is 0 Å². The van der Waals surface area contributed by atoms with Crippen molar-refractivity contribution in [2.45, 2.75) is 56.9 Å². The largest absolute Gasteiger partial charge is 0.444 e. The van der Waals surface area contributed by atoms with Crippen LogP contribution >= 0.6 is 11.6 Å². The number of carbonyl (C=O) groups is 1. The minimum absolute atomic E-state index is 0.00351. The number of hydrogen-bond acceptors (Lipinski definition) is 8. The van der Waals surface area contributed by atoms with Gasteiger partial charge < -0.3 is 19.3 Å². The lowest BCUT2D eigenvalue weighted by Crippen LogP contribution is -2.50. The van der Waals surface area contributed by atoms with Crippen LogP contribution in [0.1, 0.15) is 46.2 Å². The van der Waals surface area contributed by atoms with Gasteiger partial charge in [-0.25, -0.2) is 23.2 Å². The van der Waals surface area contributed by atoms with Crippen molar-refractivity contribution in [3.8, 4) is 0 Å². The Kier molecular flexibility index (Phi) is 6.74. The maximum absolute atomic E-state index is 13.0. The van der Waals surface area contributed by atoms with Gasteiger partial charge in [0.15, 0.2) is 9.84 Å². The molecule has 9 nitrogen and oxygen atoms in total. The molecule has 0 radical (unpaired) electrons. The fourth-order valence-corrected chi connectivity index (χ4v) is 5.63. The summed E-state index contributed by atoms with van der Waals surface area (Å²) < 4.78 is 35.7. The van der Waals surface area contributed by atoms with E-state index in [-0.39, 0.29) is 37.3 Å². The van der Waals surface area contributed by atoms with Gasteiger partial charge in [-0.2, -0.15) is 0 Å². The summed E-state index contributed by atoms with van der Waals surface area (Å²) in [7, 11) is -3.57. The number of morpholine rings is 1. The molecule has 174 valence electrons. The lowest BCUT2D eigenvalue weighted by molar-refractivity contribution is 0.0191. The molecule has 2 aliphatic heterocycles. The molecule has 1 atom stereocenters. The van der Waals surface area contributed by atoms with Crippen molar-refractivity contribution < 1.29 is 22.7 Å². The van der Waals surface area contributed by atoms with E-state index in [1.54, 1.807) is 31.7 Å². The number of sulfone groups is 1. The molecule has 1 aromatic rings. The van der Waals surface area contributed by atoms with E-state index >= 15 is 0 Å². The van der Waals surface area contributed by atoms with E-state index in [2.05, 4.69) is 9.97 Å². The number of amides is 1. The third kappa shape index (κ3) is 5.23. The number of rotatable bonds is 3. The number of piperidine rings is 1. The van der Waals surface area contributed by atoms with Crippen molar-refractivity contribution in [3.05, 3.63) is 17.0 Å². The number of likely N-dealkylation sites (tertiary alicyclic amines) is 1. The van der Waals surface area contributed by atoms with Gasteiger partial charge in [0.1, 0.15) is 16.2 Å². The fourth-order valence-electron chi connectivity index (χ4n) is 4.05. The van der Waals surface area contributed by atoms with Crippen molar-refractivity contribution in [3.63, 3.8) is 0 Å². The first-order valence-corrected chi connectivity index (χ1v) is 12.7. The van der Waals surface area contributed by atoms with Crippen LogP contribution in [0.2, 0.25) is 5.28 Å². The van der Waals surface area contributed by atoms with Crippen LogP contribution in [-0.2, 0) is 24.1 Å². The molecule has 3 rings (SSSR count). The molecular formula is C20H31ClN4O5S. The molecule has 0 bridgehead atoms. The first kappa shape index (κ1) is 24.0. The second-order valence-electron chi connectivity index (χ2n) is 9.23. The average molecular weight is 475 g/mol. The van der Waals surface area contributed by atoms with E-state index in [0.29, 0.717) is 31.3 Å². The first-order valence-electron chi connectivity index (χ1n) is 10.4. The predicted molar refractivity (Wildman–Crippen MR) is 118 cm³/mol. The quantitative estimate of drug-likeness (QED) is 0.616. The molecule has 1 aromatic heterocycles. The van der Waals surface area contributed by atoms with Crippen LogP contribution in [0.15, 0.2) is 6.07 Å². The summed E-state index contributed by atoms with van der Waals surface area (Å²) in [5, 5.41) is 0.00351. The fraction of sp³-hybridized carbons (Fsp3) is 0.750. The molecule has 1 amide bonds. The molecule has 31 heavy (non-hydrogen) atoms. The Bertz CT molecular complexity index is 926. The molecule has 0 saturated carbocycles. The number of halogens is 1. The maximum atomic E-state index is 13.0. The molecule has 0 unspecified atom stereocenters. The number of ether oxygens (including phenoxy) is 2. The van der Waals surface area contributed by atoms with Crippen molar-refractivity contribution in [2.24, 2.45) is 0 Å². The highest BCUT2D eigenvalue weighted by atomic mass is 35.5. The minimum Gasteiger partial charge on any atom is -0.444 e. The Morgan fingerprint density at radius 2 is 1.90 bits per heavy atom.